The van der Waals surface area contributed by atoms with Gasteiger partial charge in [-0.3, -0.25) is 4.79 Å². The molecule has 0 aromatic heterocycles. The lowest BCUT2D eigenvalue weighted by Crippen LogP contribution is -2.18. The minimum Gasteiger partial charge on any atom is -0.507 e. The van der Waals surface area contributed by atoms with Gasteiger partial charge >= 0.3 is 0 Å². The first-order valence-corrected chi connectivity index (χ1v) is 9.00. The second-order valence-electron chi connectivity index (χ2n) is 6.49. The number of hydrogen-bond acceptors (Lipinski definition) is 4. The number of nitriles is 1. The summed E-state index contributed by atoms with van der Waals surface area (Å²) < 4.78 is 0. The maximum atomic E-state index is 12.5. The zero-order valence-electron chi connectivity index (χ0n) is 15.6. The number of carbonyl (C=O) groups excluding carboxylic acids is 1. The first kappa shape index (κ1) is 19.0. The summed E-state index contributed by atoms with van der Waals surface area (Å²) in [5.41, 5.74) is 2.92. The maximum absolute atomic E-state index is 12.5. The average Bonchev–Trinajstić information content (AvgIpc) is 2.70. The van der Waals surface area contributed by atoms with Gasteiger partial charge in [-0.15, -0.1) is 0 Å². The Labute approximate surface area is 163 Å². The van der Waals surface area contributed by atoms with Gasteiger partial charge < -0.3 is 15.7 Å². The molecule has 3 aromatic rings. The van der Waals surface area contributed by atoms with E-state index in [1.165, 1.54) is 17.3 Å². The predicted octanol–water partition coefficient (Wildman–Crippen LogP) is 4.03. The number of aryl methyl sites for hydroxylation is 1. The molecule has 140 valence electrons. The van der Waals surface area contributed by atoms with Gasteiger partial charge in [-0.2, -0.15) is 5.26 Å². The minimum atomic E-state index is -0.499. The molecular weight excluding hydrogens is 350 g/mol. The highest BCUT2D eigenvalue weighted by Gasteiger charge is 2.11. The highest BCUT2D eigenvalue weighted by Crippen LogP contribution is 2.29. The molecule has 0 saturated carbocycles. The first-order chi connectivity index (χ1) is 13.6. The molecule has 3 N–H and O–H groups in total. The third-order valence-corrected chi connectivity index (χ3v) is 4.44. The fraction of sp³-hybridized carbons (Fsp3) is 0.130. The van der Waals surface area contributed by atoms with Crippen LogP contribution in [0.5, 0.6) is 5.75 Å². The highest BCUT2D eigenvalue weighted by atomic mass is 16.3. The van der Waals surface area contributed by atoms with E-state index in [1.54, 1.807) is 36.4 Å². The molecule has 28 heavy (non-hydrogen) atoms. The lowest BCUT2D eigenvalue weighted by atomic mass is 10.1. The van der Waals surface area contributed by atoms with Crippen molar-refractivity contribution >= 4 is 22.4 Å². The molecule has 0 aliphatic rings. The van der Waals surface area contributed by atoms with Crippen LogP contribution in [0.15, 0.2) is 72.4 Å². The van der Waals surface area contributed by atoms with Crippen molar-refractivity contribution in [2.24, 2.45) is 0 Å². The number of hydrogen-bond donors (Lipinski definition) is 3. The summed E-state index contributed by atoms with van der Waals surface area (Å²) in [6.07, 6.45) is 2.23. The van der Waals surface area contributed by atoms with Gasteiger partial charge in [-0.05, 0) is 31.0 Å². The van der Waals surface area contributed by atoms with E-state index in [9.17, 15) is 15.2 Å². The maximum Gasteiger partial charge on any atom is 0.267 e. The zero-order chi connectivity index (χ0) is 19.9. The van der Waals surface area contributed by atoms with Crippen LogP contribution in [0.4, 0.5) is 5.69 Å². The SMILES string of the molecule is Cc1ccc(CCN/C=C(/C#N)C(=O)Nc2cccc3c(O)cccc23)cc1. The summed E-state index contributed by atoms with van der Waals surface area (Å²) in [7, 11) is 0. The molecule has 0 spiro atoms. The quantitative estimate of drug-likeness (QED) is 0.347. The van der Waals surface area contributed by atoms with Crippen molar-refractivity contribution < 1.29 is 9.90 Å². The average molecular weight is 371 g/mol. The van der Waals surface area contributed by atoms with Crippen LogP contribution in [0, 0.1) is 18.3 Å². The normalized spacial score (nSPS) is 11.1. The lowest BCUT2D eigenvalue weighted by Gasteiger charge is -2.09. The summed E-state index contributed by atoms with van der Waals surface area (Å²) in [5, 5.41) is 26.4. The van der Waals surface area contributed by atoms with Gasteiger partial charge in [0.25, 0.3) is 5.91 Å². The topological polar surface area (TPSA) is 85.2 Å². The van der Waals surface area contributed by atoms with Gasteiger partial charge in [-0.25, -0.2) is 0 Å². The summed E-state index contributed by atoms with van der Waals surface area (Å²) in [6.45, 7) is 2.66. The molecule has 0 aliphatic heterocycles. The van der Waals surface area contributed by atoms with Gasteiger partial charge in [0.1, 0.15) is 17.4 Å². The summed E-state index contributed by atoms with van der Waals surface area (Å²) in [5.74, 6) is -0.358. The van der Waals surface area contributed by atoms with Crippen LogP contribution >= 0.6 is 0 Å². The van der Waals surface area contributed by atoms with Crippen LogP contribution in [0.1, 0.15) is 11.1 Å². The summed E-state index contributed by atoms with van der Waals surface area (Å²) in [4.78, 5) is 12.5. The second-order valence-corrected chi connectivity index (χ2v) is 6.49. The number of amides is 1. The van der Waals surface area contributed by atoms with Gasteiger partial charge in [0.05, 0.1) is 0 Å². The molecule has 0 aliphatic carbocycles. The van der Waals surface area contributed by atoms with E-state index in [0.29, 0.717) is 23.0 Å². The molecule has 3 aromatic carbocycles. The fourth-order valence-electron chi connectivity index (χ4n) is 2.89. The summed E-state index contributed by atoms with van der Waals surface area (Å²) in [6, 6.07) is 20.5. The number of phenols is 1. The van der Waals surface area contributed by atoms with Crippen molar-refractivity contribution in [2.45, 2.75) is 13.3 Å². The smallest absolute Gasteiger partial charge is 0.267 e. The Kier molecular flexibility index (Phi) is 5.93. The number of fused-ring (bicyclic) bond motifs is 1. The Bertz CT molecular complexity index is 1060. The largest absolute Gasteiger partial charge is 0.507 e. The van der Waals surface area contributed by atoms with Crippen molar-refractivity contribution in [1.29, 1.82) is 5.26 Å². The van der Waals surface area contributed by atoms with E-state index in [1.807, 2.05) is 13.0 Å². The predicted molar refractivity (Wildman–Crippen MR) is 111 cm³/mol. The van der Waals surface area contributed by atoms with Gasteiger partial charge in [-0.1, -0.05) is 54.1 Å². The van der Waals surface area contributed by atoms with E-state index >= 15 is 0 Å². The van der Waals surface area contributed by atoms with Crippen LogP contribution in [-0.2, 0) is 11.2 Å². The van der Waals surface area contributed by atoms with Gasteiger partial charge in [0, 0.05) is 29.2 Å². The Morgan fingerprint density at radius 3 is 2.54 bits per heavy atom. The van der Waals surface area contributed by atoms with Crippen molar-refractivity contribution in [3.05, 3.63) is 83.6 Å². The third kappa shape index (κ3) is 4.49. The van der Waals surface area contributed by atoms with Crippen LogP contribution < -0.4 is 10.6 Å². The molecular formula is C23H21N3O2. The third-order valence-electron chi connectivity index (χ3n) is 4.44. The Balaban J connectivity index is 1.65. The van der Waals surface area contributed by atoms with Gasteiger partial charge in [0.2, 0.25) is 0 Å². The lowest BCUT2D eigenvalue weighted by molar-refractivity contribution is -0.112. The number of rotatable bonds is 6. The van der Waals surface area contributed by atoms with Crippen LogP contribution in [-0.4, -0.2) is 17.6 Å². The number of anilines is 1. The number of aromatic hydroxyl groups is 1. The molecule has 5 nitrogen and oxygen atoms in total. The van der Waals surface area contributed by atoms with Crippen LogP contribution in [0.3, 0.4) is 0 Å². The number of phenolic OH excluding ortho intramolecular Hbond substituents is 1. The van der Waals surface area contributed by atoms with Crippen LogP contribution in [0.25, 0.3) is 10.8 Å². The Morgan fingerprint density at radius 2 is 1.79 bits per heavy atom. The van der Waals surface area contributed by atoms with Gasteiger partial charge in [0.15, 0.2) is 0 Å². The van der Waals surface area contributed by atoms with Crippen molar-refractivity contribution in [1.82, 2.24) is 5.32 Å². The highest BCUT2D eigenvalue weighted by molar-refractivity contribution is 6.11. The molecule has 3 rings (SSSR count). The molecule has 0 radical (unpaired) electrons. The minimum absolute atomic E-state index is 0.0129. The fourth-order valence-corrected chi connectivity index (χ4v) is 2.89. The molecule has 5 heteroatoms. The Hall–Kier alpha value is -3.78. The molecule has 0 atom stereocenters. The number of nitrogens with one attached hydrogen (secondary N) is 2. The zero-order valence-corrected chi connectivity index (χ0v) is 15.6. The summed E-state index contributed by atoms with van der Waals surface area (Å²) >= 11 is 0. The van der Waals surface area contributed by atoms with E-state index in [0.717, 1.165) is 6.42 Å². The van der Waals surface area contributed by atoms with E-state index in [4.69, 9.17) is 0 Å². The standard InChI is InChI=1S/C23H21N3O2/c1-16-8-10-17(11-9-16)12-13-25-15-18(14-24)23(28)26-21-6-2-5-20-19(21)4-3-7-22(20)27/h2-11,15,25,27H,12-13H2,1H3,(H,26,28)/b18-15-. The van der Waals surface area contributed by atoms with E-state index in [2.05, 4.69) is 34.9 Å². The molecule has 0 bridgehead atoms. The number of nitrogens with zero attached hydrogens (tertiary/aromatic N) is 1. The molecule has 0 heterocycles. The Morgan fingerprint density at radius 1 is 1.07 bits per heavy atom. The van der Waals surface area contributed by atoms with Crippen LogP contribution in [0.2, 0.25) is 0 Å². The molecule has 1 amide bonds. The number of carbonyl (C=O) groups is 1. The van der Waals surface area contributed by atoms with Crippen molar-refractivity contribution in [2.75, 3.05) is 11.9 Å². The second kappa shape index (κ2) is 8.74. The first-order valence-electron chi connectivity index (χ1n) is 9.00. The number of benzene rings is 3. The monoisotopic (exact) mass is 371 g/mol. The molecule has 0 fully saturated rings. The van der Waals surface area contributed by atoms with Crippen molar-refractivity contribution in [3.63, 3.8) is 0 Å². The molecule has 0 saturated heterocycles. The van der Waals surface area contributed by atoms with E-state index in [-0.39, 0.29) is 11.3 Å². The molecule has 0 unspecified atom stereocenters. The van der Waals surface area contributed by atoms with Crippen molar-refractivity contribution in [3.8, 4) is 11.8 Å². The van der Waals surface area contributed by atoms with E-state index < -0.39 is 5.91 Å².